The number of aliphatic carboxylic acids is 1. The molecule has 2 aromatic carbocycles. The Hall–Kier alpha value is -2.04. The molecule has 4 nitrogen and oxygen atoms in total. The van der Waals surface area contributed by atoms with Gasteiger partial charge in [-0.05, 0) is 67.5 Å². The van der Waals surface area contributed by atoms with E-state index in [2.05, 4.69) is 24.3 Å². The van der Waals surface area contributed by atoms with Crippen molar-refractivity contribution in [3.8, 4) is 16.9 Å². The summed E-state index contributed by atoms with van der Waals surface area (Å²) in [5, 5.41) is 9.30. The van der Waals surface area contributed by atoms with Crippen LogP contribution in [0.3, 0.4) is 0 Å². The van der Waals surface area contributed by atoms with Crippen molar-refractivity contribution >= 4 is 17.6 Å². The Labute approximate surface area is 158 Å². The van der Waals surface area contributed by atoms with Crippen LogP contribution in [0.25, 0.3) is 11.1 Å². The number of carboxylic acids is 1. The maximum atomic E-state index is 10.5. The SMILES string of the molecule is CC(C)Oc1cc(Cl)cc(-c2ccc([C@H]3C[C@@H](OCC(=O)O)C3)cc2)c1. The van der Waals surface area contributed by atoms with Gasteiger partial charge in [0, 0.05) is 5.02 Å². The van der Waals surface area contributed by atoms with Crippen LogP contribution in [0.5, 0.6) is 5.75 Å². The van der Waals surface area contributed by atoms with Crippen molar-refractivity contribution in [2.24, 2.45) is 0 Å². The Morgan fingerprint density at radius 1 is 1.15 bits per heavy atom. The zero-order chi connectivity index (χ0) is 18.7. The van der Waals surface area contributed by atoms with Crippen LogP contribution in [-0.2, 0) is 9.53 Å². The first kappa shape index (κ1) is 18.7. The zero-order valence-corrected chi connectivity index (χ0v) is 15.7. The minimum atomic E-state index is -0.917. The summed E-state index contributed by atoms with van der Waals surface area (Å²) in [7, 11) is 0. The summed E-state index contributed by atoms with van der Waals surface area (Å²) in [5.74, 6) is 0.283. The van der Waals surface area contributed by atoms with Gasteiger partial charge in [0.1, 0.15) is 12.4 Å². The van der Waals surface area contributed by atoms with Gasteiger partial charge >= 0.3 is 5.97 Å². The highest BCUT2D eigenvalue weighted by Gasteiger charge is 2.31. The fourth-order valence-corrected chi connectivity index (χ4v) is 3.41. The van der Waals surface area contributed by atoms with Gasteiger partial charge < -0.3 is 14.6 Å². The first-order chi connectivity index (χ1) is 12.4. The van der Waals surface area contributed by atoms with E-state index < -0.39 is 5.97 Å². The summed E-state index contributed by atoms with van der Waals surface area (Å²) in [5.41, 5.74) is 3.36. The highest BCUT2D eigenvalue weighted by Crippen LogP contribution is 2.39. The first-order valence-electron chi connectivity index (χ1n) is 8.81. The van der Waals surface area contributed by atoms with E-state index >= 15 is 0 Å². The predicted molar refractivity (Wildman–Crippen MR) is 102 cm³/mol. The number of carbonyl (C=O) groups is 1. The van der Waals surface area contributed by atoms with Gasteiger partial charge in [-0.15, -0.1) is 0 Å². The maximum absolute atomic E-state index is 10.5. The first-order valence-corrected chi connectivity index (χ1v) is 9.19. The lowest BCUT2D eigenvalue weighted by Crippen LogP contribution is -2.31. The van der Waals surface area contributed by atoms with Gasteiger partial charge in [-0.25, -0.2) is 4.79 Å². The number of hydrogen-bond acceptors (Lipinski definition) is 3. The van der Waals surface area contributed by atoms with Crippen LogP contribution in [0.1, 0.15) is 38.2 Å². The average molecular weight is 375 g/mol. The molecule has 1 aliphatic rings. The molecule has 0 aromatic heterocycles. The van der Waals surface area contributed by atoms with E-state index in [-0.39, 0.29) is 18.8 Å². The normalized spacial score (nSPS) is 19.2. The molecule has 0 radical (unpaired) electrons. The van der Waals surface area contributed by atoms with Gasteiger partial charge in [-0.2, -0.15) is 0 Å². The van der Waals surface area contributed by atoms with Crippen LogP contribution in [0.15, 0.2) is 42.5 Å². The topological polar surface area (TPSA) is 55.8 Å². The molecular weight excluding hydrogens is 352 g/mol. The van der Waals surface area contributed by atoms with E-state index in [4.69, 9.17) is 26.2 Å². The molecule has 5 heteroatoms. The summed E-state index contributed by atoms with van der Waals surface area (Å²) >= 11 is 6.23. The zero-order valence-electron chi connectivity index (χ0n) is 14.9. The lowest BCUT2D eigenvalue weighted by atomic mass is 9.77. The minimum Gasteiger partial charge on any atom is -0.491 e. The Kier molecular flexibility index (Phi) is 5.84. The number of rotatable bonds is 7. The average Bonchev–Trinajstić information content (AvgIpc) is 2.52. The molecule has 0 aliphatic heterocycles. The molecule has 0 spiro atoms. The van der Waals surface area contributed by atoms with Crippen LogP contribution < -0.4 is 4.74 Å². The molecule has 1 N–H and O–H groups in total. The molecule has 0 heterocycles. The molecule has 1 fully saturated rings. The molecule has 0 bridgehead atoms. The lowest BCUT2D eigenvalue weighted by Gasteiger charge is -2.35. The van der Waals surface area contributed by atoms with Gasteiger partial charge in [0.25, 0.3) is 0 Å². The van der Waals surface area contributed by atoms with Crippen molar-refractivity contribution in [2.75, 3.05) is 6.61 Å². The van der Waals surface area contributed by atoms with Crippen LogP contribution in [0.2, 0.25) is 5.02 Å². The molecule has 2 aromatic rings. The molecule has 0 amide bonds. The van der Waals surface area contributed by atoms with E-state index in [1.54, 1.807) is 0 Å². The largest absolute Gasteiger partial charge is 0.491 e. The van der Waals surface area contributed by atoms with E-state index in [1.165, 1.54) is 5.56 Å². The van der Waals surface area contributed by atoms with Crippen molar-refractivity contribution in [3.63, 3.8) is 0 Å². The molecule has 0 saturated heterocycles. The summed E-state index contributed by atoms with van der Waals surface area (Å²) in [4.78, 5) is 10.5. The van der Waals surface area contributed by atoms with E-state index in [1.807, 2.05) is 32.0 Å². The monoisotopic (exact) mass is 374 g/mol. The third-order valence-corrected chi connectivity index (χ3v) is 4.71. The Bertz CT molecular complexity index is 764. The Morgan fingerprint density at radius 2 is 1.85 bits per heavy atom. The van der Waals surface area contributed by atoms with Gasteiger partial charge in [0.2, 0.25) is 0 Å². The molecular formula is C21H23ClO4. The molecule has 1 saturated carbocycles. The summed E-state index contributed by atoms with van der Waals surface area (Å²) in [6, 6.07) is 14.2. The van der Waals surface area contributed by atoms with Gasteiger partial charge in [0.15, 0.2) is 0 Å². The molecule has 1 aliphatic carbocycles. The van der Waals surface area contributed by atoms with Crippen molar-refractivity contribution < 1.29 is 19.4 Å². The molecule has 138 valence electrons. The van der Waals surface area contributed by atoms with Gasteiger partial charge in [-0.1, -0.05) is 35.9 Å². The van der Waals surface area contributed by atoms with Crippen LogP contribution in [0, 0.1) is 0 Å². The number of ether oxygens (including phenoxy) is 2. The van der Waals surface area contributed by atoms with Gasteiger partial charge in [-0.3, -0.25) is 0 Å². The van der Waals surface area contributed by atoms with E-state index in [0.29, 0.717) is 10.9 Å². The predicted octanol–water partition coefficient (Wildman–Crippen LogP) is 5.14. The summed E-state index contributed by atoms with van der Waals surface area (Å²) in [6.07, 6.45) is 1.89. The third kappa shape index (κ3) is 4.77. The molecule has 3 rings (SSSR count). The fourth-order valence-electron chi connectivity index (χ4n) is 3.18. The van der Waals surface area contributed by atoms with Crippen molar-refractivity contribution in [1.82, 2.24) is 0 Å². The lowest BCUT2D eigenvalue weighted by molar-refractivity contribution is -0.146. The number of carboxylic acid groups (broad SMARTS) is 1. The second-order valence-corrected chi connectivity index (χ2v) is 7.40. The Morgan fingerprint density at radius 3 is 2.46 bits per heavy atom. The van der Waals surface area contributed by atoms with Crippen LogP contribution in [0.4, 0.5) is 0 Å². The number of benzene rings is 2. The van der Waals surface area contributed by atoms with Crippen LogP contribution in [-0.4, -0.2) is 29.9 Å². The fraction of sp³-hybridized carbons (Fsp3) is 0.381. The quantitative estimate of drug-likeness (QED) is 0.728. The highest BCUT2D eigenvalue weighted by molar-refractivity contribution is 6.31. The highest BCUT2D eigenvalue weighted by atomic mass is 35.5. The third-order valence-electron chi connectivity index (χ3n) is 4.50. The Balaban J connectivity index is 1.65. The van der Waals surface area contributed by atoms with Crippen molar-refractivity contribution in [2.45, 2.75) is 44.8 Å². The summed E-state index contributed by atoms with van der Waals surface area (Å²) < 4.78 is 11.1. The standard InChI is InChI=1S/C21H23ClO4/c1-13(2)26-20-10-16(7-18(22)11-20)14-3-5-15(6-4-14)17-8-19(9-17)25-12-21(23)24/h3-7,10-11,13,17,19H,8-9,12H2,1-2H3,(H,23,24)/t17-,19+. The minimum absolute atomic E-state index is 0.0550. The van der Waals surface area contributed by atoms with E-state index in [9.17, 15) is 4.79 Å². The van der Waals surface area contributed by atoms with Crippen molar-refractivity contribution in [3.05, 3.63) is 53.1 Å². The molecule has 0 atom stereocenters. The van der Waals surface area contributed by atoms with Gasteiger partial charge in [0.05, 0.1) is 12.2 Å². The van der Waals surface area contributed by atoms with Crippen molar-refractivity contribution in [1.29, 1.82) is 0 Å². The smallest absolute Gasteiger partial charge is 0.329 e. The summed E-state index contributed by atoms with van der Waals surface area (Å²) in [6.45, 7) is 3.76. The number of halogens is 1. The second-order valence-electron chi connectivity index (χ2n) is 6.96. The second kappa shape index (κ2) is 8.11. The molecule has 26 heavy (non-hydrogen) atoms. The van der Waals surface area contributed by atoms with Crippen LogP contribution >= 0.6 is 11.6 Å². The maximum Gasteiger partial charge on any atom is 0.329 e. The number of hydrogen-bond donors (Lipinski definition) is 1. The molecule has 0 unspecified atom stereocenters. The van der Waals surface area contributed by atoms with E-state index in [0.717, 1.165) is 29.7 Å².